The Bertz CT molecular complexity index is 317. The highest BCUT2D eigenvalue weighted by atomic mass is 16.5. The van der Waals surface area contributed by atoms with Crippen molar-refractivity contribution in [3.8, 4) is 5.75 Å². The molecule has 0 N–H and O–H groups in total. The van der Waals surface area contributed by atoms with Crippen LogP contribution in [0, 0.1) is 0 Å². The minimum atomic E-state index is 0.742. The molecule has 1 aromatic carbocycles. The topological polar surface area (TPSA) is 21.6 Å². The molecule has 2 nitrogen and oxygen atoms in total. The van der Waals surface area contributed by atoms with Crippen molar-refractivity contribution < 1.29 is 4.74 Å². The fraction of sp³-hybridized carbons (Fsp3) is 0.300. The first-order chi connectivity index (χ1) is 5.86. The Morgan fingerprint density at radius 2 is 2.17 bits per heavy atom. The molecular formula is C10H11NO. The number of nitrogens with zero attached hydrogens (tertiary/aromatic N) is 1. The summed E-state index contributed by atoms with van der Waals surface area (Å²) in [7, 11) is 0. The van der Waals surface area contributed by atoms with Gasteiger partial charge in [-0.3, -0.25) is 4.99 Å². The Labute approximate surface area is 71.9 Å². The first kappa shape index (κ1) is 7.35. The third-order valence-electron chi connectivity index (χ3n) is 1.90. The van der Waals surface area contributed by atoms with Crippen LogP contribution in [0.1, 0.15) is 13.3 Å². The van der Waals surface area contributed by atoms with Crippen LogP contribution in [0.4, 0.5) is 5.69 Å². The van der Waals surface area contributed by atoms with E-state index in [0.717, 1.165) is 30.2 Å². The zero-order chi connectivity index (χ0) is 8.39. The van der Waals surface area contributed by atoms with Crippen molar-refractivity contribution in [1.82, 2.24) is 0 Å². The zero-order valence-electron chi connectivity index (χ0n) is 7.08. The highest BCUT2D eigenvalue weighted by Gasteiger charge is 2.06. The lowest BCUT2D eigenvalue weighted by atomic mass is 10.3. The summed E-state index contributed by atoms with van der Waals surface area (Å²) in [6, 6.07) is 7.88. The number of benzene rings is 1. The summed E-state index contributed by atoms with van der Waals surface area (Å²) in [5.41, 5.74) is 2.09. The second kappa shape index (κ2) is 2.97. The molecule has 1 aromatic rings. The Morgan fingerprint density at radius 3 is 3.08 bits per heavy atom. The predicted octanol–water partition coefficient (Wildman–Crippen LogP) is 2.56. The maximum atomic E-state index is 5.50. The molecule has 0 unspecified atom stereocenters. The second-order valence-corrected chi connectivity index (χ2v) is 2.91. The standard InChI is InChI=1S/C10H11NO/c1-8-6-7-12-10-5-3-2-4-9(10)11-8/h2-5H,6-7H2,1H3. The smallest absolute Gasteiger partial charge is 0.144 e. The molecular weight excluding hydrogens is 150 g/mol. The highest BCUT2D eigenvalue weighted by molar-refractivity contribution is 5.86. The highest BCUT2D eigenvalue weighted by Crippen LogP contribution is 2.28. The number of hydrogen-bond acceptors (Lipinski definition) is 2. The number of ether oxygens (including phenoxy) is 1. The third kappa shape index (κ3) is 1.33. The first-order valence-electron chi connectivity index (χ1n) is 4.12. The van der Waals surface area contributed by atoms with Crippen molar-refractivity contribution in [2.24, 2.45) is 4.99 Å². The molecule has 0 fully saturated rings. The van der Waals surface area contributed by atoms with E-state index in [1.807, 2.05) is 31.2 Å². The monoisotopic (exact) mass is 161 g/mol. The van der Waals surface area contributed by atoms with Crippen LogP contribution in [0.2, 0.25) is 0 Å². The average Bonchev–Trinajstić information content (AvgIpc) is 2.25. The van der Waals surface area contributed by atoms with Crippen molar-refractivity contribution in [2.45, 2.75) is 13.3 Å². The summed E-state index contributed by atoms with van der Waals surface area (Å²) in [6.07, 6.45) is 0.925. The van der Waals surface area contributed by atoms with Gasteiger partial charge in [-0.2, -0.15) is 0 Å². The maximum absolute atomic E-state index is 5.50. The van der Waals surface area contributed by atoms with Gasteiger partial charge in [0.05, 0.1) is 6.61 Å². The van der Waals surface area contributed by atoms with E-state index in [1.54, 1.807) is 0 Å². The van der Waals surface area contributed by atoms with E-state index in [-0.39, 0.29) is 0 Å². The van der Waals surface area contributed by atoms with Crippen molar-refractivity contribution in [2.75, 3.05) is 6.61 Å². The van der Waals surface area contributed by atoms with Gasteiger partial charge in [-0.25, -0.2) is 0 Å². The van der Waals surface area contributed by atoms with Gasteiger partial charge in [-0.15, -0.1) is 0 Å². The fourth-order valence-electron chi connectivity index (χ4n) is 1.24. The molecule has 0 atom stereocenters. The molecule has 0 spiro atoms. The molecule has 0 aromatic heterocycles. The number of hydrogen-bond donors (Lipinski definition) is 0. The van der Waals surface area contributed by atoms with E-state index >= 15 is 0 Å². The molecule has 2 rings (SSSR count). The van der Waals surface area contributed by atoms with Gasteiger partial charge in [0.1, 0.15) is 11.4 Å². The van der Waals surface area contributed by atoms with Crippen molar-refractivity contribution in [3.05, 3.63) is 24.3 Å². The van der Waals surface area contributed by atoms with Crippen LogP contribution in [0.15, 0.2) is 29.3 Å². The van der Waals surface area contributed by atoms with E-state index in [4.69, 9.17) is 4.74 Å². The second-order valence-electron chi connectivity index (χ2n) is 2.91. The Morgan fingerprint density at radius 1 is 1.33 bits per heavy atom. The summed E-state index contributed by atoms with van der Waals surface area (Å²) < 4.78 is 5.50. The lowest BCUT2D eigenvalue weighted by Crippen LogP contribution is -1.99. The van der Waals surface area contributed by atoms with Gasteiger partial charge in [0.15, 0.2) is 0 Å². The SMILES string of the molecule is CC1=Nc2ccccc2OCC1. The van der Waals surface area contributed by atoms with Crippen molar-refractivity contribution >= 4 is 11.4 Å². The van der Waals surface area contributed by atoms with Crippen LogP contribution in [0.5, 0.6) is 5.75 Å². The van der Waals surface area contributed by atoms with Crippen LogP contribution in [0.25, 0.3) is 0 Å². The summed E-state index contributed by atoms with van der Waals surface area (Å²) in [5.74, 6) is 0.898. The molecule has 12 heavy (non-hydrogen) atoms. The maximum Gasteiger partial charge on any atom is 0.144 e. The van der Waals surface area contributed by atoms with E-state index in [1.165, 1.54) is 0 Å². The van der Waals surface area contributed by atoms with Gasteiger partial charge in [-0.1, -0.05) is 12.1 Å². The molecule has 0 aliphatic carbocycles. The third-order valence-corrected chi connectivity index (χ3v) is 1.90. The van der Waals surface area contributed by atoms with Gasteiger partial charge in [-0.05, 0) is 19.1 Å². The molecule has 0 saturated carbocycles. The summed E-state index contributed by atoms with van der Waals surface area (Å²) in [5, 5.41) is 0. The molecule has 1 aliphatic rings. The van der Waals surface area contributed by atoms with Gasteiger partial charge in [0, 0.05) is 12.1 Å². The van der Waals surface area contributed by atoms with E-state index in [2.05, 4.69) is 4.99 Å². The molecule has 1 heterocycles. The molecule has 1 aliphatic heterocycles. The van der Waals surface area contributed by atoms with Gasteiger partial charge < -0.3 is 4.74 Å². The lowest BCUT2D eigenvalue weighted by molar-refractivity contribution is 0.333. The van der Waals surface area contributed by atoms with Crippen molar-refractivity contribution in [3.63, 3.8) is 0 Å². The number of aliphatic imine (C=N–C) groups is 1. The Kier molecular flexibility index (Phi) is 1.82. The predicted molar refractivity (Wildman–Crippen MR) is 49.3 cm³/mol. The van der Waals surface area contributed by atoms with Gasteiger partial charge in [0.25, 0.3) is 0 Å². The average molecular weight is 161 g/mol. The number of rotatable bonds is 0. The number of fused-ring (bicyclic) bond motifs is 1. The zero-order valence-corrected chi connectivity index (χ0v) is 7.08. The largest absolute Gasteiger partial charge is 0.491 e. The van der Waals surface area contributed by atoms with Crippen molar-refractivity contribution in [1.29, 1.82) is 0 Å². The summed E-state index contributed by atoms with van der Waals surface area (Å²) in [4.78, 5) is 4.43. The lowest BCUT2D eigenvalue weighted by Gasteiger charge is -2.02. The minimum Gasteiger partial charge on any atom is -0.491 e. The summed E-state index contributed by atoms with van der Waals surface area (Å²) in [6.45, 7) is 2.78. The van der Waals surface area contributed by atoms with E-state index in [0.29, 0.717) is 0 Å². The molecule has 0 radical (unpaired) electrons. The van der Waals surface area contributed by atoms with E-state index in [9.17, 15) is 0 Å². The van der Waals surface area contributed by atoms with Crippen LogP contribution >= 0.6 is 0 Å². The minimum absolute atomic E-state index is 0.742. The quantitative estimate of drug-likeness (QED) is 0.573. The molecule has 62 valence electrons. The number of para-hydroxylation sites is 2. The normalized spacial score (nSPS) is 15.6. The van der Waals surface area contributed by atoms with E-state index < -0.39 is 0 Å². The Balaban J connectivity index is 2.47. The fourth-order valence-corrected chi connectivity index (χ4v) is 1.24. The molecule has 0 saturated heterocycles. The van der Waals surface area contributed by atoms with Crippen LogP contribution in [-0.2, 0) is 0 Å². The molecule has 0 bridgehead atoms. The summed E-state index contributed by atoms with van der Waals surface area (Å²) >= 11 is 0. The first-order valence-corrected chi connectivity index (χ1v) is 4.12. The molecule has 2 heteroatoms. The van der Waals surface area contributed by atoms with Crippen LogP contribution in [-0.4, -0.2) is 12.3 Å². The van der Waals surface area contributed by atoms with Gasteiger partial charge >= 0.3 is 0 Å². The van der Waals surface area contributed by atoms with Gasteiger partial charge in [0.2, 0.25) is 0 Å². The van der Waals surface area contributed by atoms with Crippen LogP contribution in [0.3, 0.4) is 0 Å². The Hall–Kier alpha value is -1.31. The van der Waals surface area contributed by atoms with Crippen LogP contribution < -0.4 is 4.74 Å². The molecule has 0 amide bonds.